The van der Waals surface area contributed by atoms with Gasteiger partial charge in [-0.25, -0.2) is 0 Å². The summed E-state index contributed by atoms with van der Waals surface area (Å²) in [5, 5.41) is 0. The van der Waals surface area contributed by atoms with Gasteiger partial charge in [-0.1, -0.05) is 42.5 Å². The van der Waals surface area contributed by atoms with Crippen molar-refractivity contribution in [2.24, 2.45) is 10.9 Å². The fourth-order valence-corrected chi connectivity index (χ4v) is 4.75. The van der Waals surface area contributed by atoms with Crippen LogP contribution in [0.15, 0.2) is 70.9 Å². The molecule has 0 saturated heterocycles. The van der Waals surface area contributed by atoms with Gasteiger partial charge in [-0.15, -0.1) is 0 Å². The van der Waals surface area contributed by atoms with Gasteiger partial charge in [0.15, 0.2) is 5.78 Å². The van der Waals surface area contributed by atoms with E-state index in [0.29, 0.717) is 29.9 Å². The predicted molar refractivity (Wildman–Crippen MR) is 119 cm³/mol. The Bertz CT molecular complexity index is 1050. The van der Waals surface area contributed by atoms with E-state index in [1.54, 1.807) is 14.0 Å². The quantitative estimate of drug-likeness (QED) is 0.654. The van der Waals surface area contributed by atoms with Crippen LogP contribution in [0.3, 0.4) is 0 Å². The second-order valence-electron chi connectivity index (χ2n) is 8.04. The van der Waals surface area contributed by atoms with Crippen molar-refractivity contribution in [1.82, 2.24) is 0 Å². The van der Waals surface area contributed by atoms with E-state index in [1.807, 2.05) is 49.4 Å². The number of methoxy groups -OCH3 is 1. The van der Waals surface area contributed by atoms with Crippen molar-refractivity contribution in [2.45, 2.75) is 38.5 Å². The monoisotopic (exact) mass is 417 g/mol. The number of carbonyl (C=O) groups is 2. The summed E-state index contributed by atoms with van der Waals surface area (Å²) in [6.45, 7) is 3.92. The smallest absolute Gasteiger partial charge is 0.315 e. The molecule has 0 saturated carbocycles. The van der Waals surface area contributed by atoms with Crippen molar-refractivity contribution < 1.29 is 19.1 Å². The van der Waals surface area contributed by atoms with E-state index in [2.05, 4.69) is 12.1 Å². The van der Waals surface area contributed by atoms with Gasteiger partial charge in [-0.05, 0) is 49.4 Å². The number of hydrogen-bond acceptors (Lipinski definition) is 5. The Morgan fingerprint density at radius 2 is 1.81 bits per heavy atom. The average Bonchev–Trinajstić information content (AvgIpc) is 2.78. The maximum Gasteiger partial charge on any atom is 0.315 e. The molecule has 160 valence electrons. The van der Waals surface area contributed by atoms with Crippen molar-refractivity contribution >= 4 is 17.5 Å². The van der Waals surface area contributed by atoms with E-state index < -0.39 is 11.8 Å². The standard InChI is InChI=1S/C26H27NO4/c1-4-31-26(29)23-16(2)27-21-14-19(17-9-6-5-7-10-17)15-22(28)25(21)24(23)18-11-8-12-20(13-18)30-3/h5-13,19,23-24H,4,14-15H2,1-3H3/t19-,23?,24-/m1/s1. The first kappa shape index (κ1) is 21.0. The Hall–Kier alpha value is -3.21. The summed E-state index contributed by atoms with van der Waals surface area (Å²) in [6, 6.07) is 17.7. The summed E-state index contributed by atoms with van der Waals surface area (Å²) in [7, 11) is 1.61. The minimum Gasteiger partial charge on any atom is -0.497 e. The second-order valence-corrected chi connectivity index (χ2v) is 8.04. The molecule has 4 rings (SSSR count). The highest BCUT2D eigenvalue weighted by molar-refractivity contribution is 6.09. The lowest BCUT2D eigenvalue weighted by Crippen LogP contribution is -2.38. The molecule has 3 atom stereocenters. The molecule has 5 nitrogen and oxygen atoms in total. The normalized spacial score (nSPS) is 23.1. The summed E-state index contributed by atoms with van der Waals surface area (Å²) >= 11 is 0. The predicted octanol–water partition coefficient (Wildman–Crippen LogP) is 4.83. The van der Waals surface area contributed by atoms with Crippen LogP contribution in [0.5, 0.6) is 5.75 Å². The van der Waals surface area contributed by atoms with E-state index >= 15 is 0 Å². The van der Waals surface area contributed by atoms with Gasteiger partial charge in [-0.3, -0.25) is 14.6 Å². The number of benzene rings is 2. The van der Waals surface area contributed by atoms with Gasteiger partial charge in [0.2, 0.25) is 0 Å². The molecule has 0 aromatic heterocycles. The molecule has 0 spiro atoms. The molecule has 0 fully saturated rings. The number of aliphatic imine (C=N–C) groups is 1. The van der Waals surface area contributed by atoms with Crippen molar-refractivity contribution in [3.63, 3.8) is 0 Å². The molecule has 1 heterocycles. The van der Waals surface area contributed by atoms with Crippen LogP contribution in [0.25, 0.3) is 0 Å². The highest BCUT2D eigenvalue weighted by Gasteiger charge is 2.44. The van der Waals surface area contributed by atoms with E-state index in [4.69, 9.17) is 14.5 Å². The molecule has 2 aliphatic rings. The zero-order chi connectivity index (χ0) is 22.0. The zero-order valence-corrected chi connectivity index (χ0v) is 18.1. The van der Waals surface area contributed by atoms with Crippen molar-refractivity contribution in [3.8, 4) is 5.75 Å². The summed E-state index contributed by atoms with van der Waals surface area (Å²) in [6.07, 6.45) is 1.09. The van der Waals surface area contributed by atoms with Crippen molar-refractivity contribution in [2.75, 3.05) is 13.7 Å². The SMILES string of the molecule is CCOC(=O)C1C(C)=NC2=C(C(=O)C[C@H](c3ccccc3)C2)[C@@H]1c1cccc(OC)c1. The molecule has 0 amide bonds. The lowest BCUT2D eigenvalue weighted by Gasteiger charge is -2.36. The van der Waals surface area contributed by atoms with Crippen LogP contribution >= 0.6 is 0 Å². The van der Waals surface area contributed by atoms with Gasteiger partial charge in [0.25, 0.3) is 0 Å². The lowest BCUT2D eigenvalue weighted by atomic mass is 9.69. The molecule has 2 aromatic rings. The van der Waals surface area contributed by atoms with Crippen LogP contribution in [0.4, 0.5) is 0 Å². The highest BCUT2D eigenvalue weighted by Crippen LogP contribution is 2.47. The van der Waals surface area contributed by atoms with E-state index in [-0.39, 0.29) is 24.3 Å². The first-order valence-corrected chi connectivity index (χ1v) is 10.7. The van der Waals surface area contributed by atoms with Crippen LogP contribution in [-0.2, 0) is 14.3 Å². The summed E-state index contributed by atoms with van der Waals surface area (Å²) in [4.78, 5) is 31.2. The van der Waals surface area contributed by atoms with Gasteiger partial charge in [0.05, 0.1) is 13.7 Å². The maximum atomic E-state index is 13.5. The third kappa shape index (κ3) is 4.05. The van der Waals surface area contributed by atoms with Crippen molar-refractivity contribution in [1.29, 1.82) is 0 Å². The number of ether oxygens (including phenoxy) is 2. The van der Waals surface area contributed by atoms with Gasteiger partial charge in [-0.2, -0.15) is 0 Å². The molecule has 5 heteroatoms. The number of ketones is 1. The Morgan fingerprint density at radius 3 is 2.52 bits per heavy atom. The minimum absolute atomic E-state index is 0.0495. The Labute approximate surface area is 182 Å². The third-order valence-corrected chi connectivity index (χ3v) is 6.15. The molecule has 0 N–H and O–H groups in total. The first-order chi connectivity index (χ1) is 15.0. The number of Topliss-reactive ketones (excluding diaryl/α,β-unsaturated/α-hetero) is 1. The van der Waals surface area contributed by atoms with Gasteiger partial charge < -0.3 is 9.47 Å². The average molecular weight is 418 g/mol. The molecule has 2 aromatic carbocycles. The largest absolute Gasteiger partial charge is 0.497 e. The third-order valence-electron chi connectivity index (χ3n) is 6.15. The number of hydrogen-bond donors (Lipinski definition) is 0. The fourth-order valence-electron chi connectivity index (χ4n) is 4.75. The van der Waals surface area contributed by atoms with E-state index in [1.165, 1.54) is 0 Å². The number of rotatable bonds is 5. The molecule has 1 aliphatic carbocycles. The topological polar surface area (TPSA) is 65.0 Å². The summed E-state index contributed by atoms with van der Waals surface area (Å²) < 4.78 is 10.8. The highest BCUT2D eigenvalue weighted by atomic mass is 16.5. The van der Waals surface area contributed by atoms with Crippen LogP contribution in [0.1, 0.15) is 49.7 Å². The van der Waals surface area contributed by atoms with Gasteiger partial charge >= 0.3 is 5.97 Å². The Balaban J connectivity index is 1.81. The Morgan fingerprint density at radius 1 is 1.06 bits per heavy atom. The summed E-state index contributed by atoms with van der Waals surface area (Å²) in [5.74, 6) is -0.564. The Kier molecular flexibility index (Phi) is 6.03. The summed E-state index contributed by atoms with van der Waals surface area (Å²) in [5.41, 5.74) is 4.12. The van der Waals surface area contributed by atoms with Crippen LogP contribution < -0.4 is 4.74 Å². The molecule has 0 radical (unpaired) electrons. The van der Waals surface area contributed by atoms with Gasteiger partial charge in [0.1, 0.15) is 11.7 Å². The minimum atomic E-state index is -0.622. The van der Waals surface area contributed by atoms with Crippen LogP contribution in [0, 0.1) is 5.92 Å². The molecule has 1 unspecified atom stereocenters. The van der Waals surface area contributed by atoms with E-state index in [0.717, 1.165) is 16.8 Å². The zero-order valence-electron chi connectivity index (χ0n) is 18.1. The molecule has 31 heavy (non-hydrogen) atoms. The number of esters is 1. The van der Waals surface area contributed by atoms with Gasteiger partial charge in [0, 0.05) is 29.3 Å². The first-order valence-electron chi connectivity index (χ1n) is 10.7. The molecule has 0 bridgehead atoms. The van der Waals surface area contributed by atoms with Crippen LogP contribution in [-0.4, -0.2) is 31.2 Å². The number of carbonyl (C=O) groups excluding carboxylic acids is 2. The lowest BCUT2D eigenvalue weighted by molar-refractivity contribution is -0.146. The van der Waals surface area contributed by atoms with Crippen molar-refractivity contribution in [3.05, 3.63) is 77.0 Å². The second kappa shape index (κ2) is 8.88. The molecular weight excluding hydrogens is 390 g/mol. The molecule has 1 aliphatic heterocycles. The van der Waals surface area contributed by atoms with E-state index in [9.17, 15) is 9.59 Å². The molecular formula is C26H27NO4. The maximum absolute atomic E-state index is 13.5. The number of allylic oxidation sites excluding steroid dienone is 2. The fraction of sp³-hybridized carbons (Fsp3) is 0.346. The van der Waals surface area contributed by atoms with Crippen LogP contribution in [0.2, 0.25) is 0 Å². The number of nitrogens with zero attached hydrogens (tertiary/aromatic N) is 1.